The first-order chi connectivity index (χ1) is 9.97. The highest BCUT2D eigenvalue weighted by molar-refractivity contribution is 7.11. The molecular formula is C12H18N6O2S. The fraction of sp³-hybridized carbons (Fsp3) is 0.500. The summed E-state index contributed by atoms with van der Waals surface area (Å²) in [5.74, 6) is 1.15. The van der Waals surface area contributed by atoms with Gasteiger partial charge in [0.15, 0.2) is 11.6 Å². The van der Waals surface area contributed by atoms with Gasteiger partial charge in [0.2, 0.25) is 5.89 Å². The topological polar surface area (TPSA) is 119 Å². The number of nitrogens with two attached hydrogens (primary N) is 1. The Balaban J connectivity index is 1.98. The van der Waals surface area contributed by atoms with E-state index in [1.54, 1.807) is 6.92 Å². The second-order valence-electron chi connectivity index (χ2n) is 4.81. The predicted octanol–water partition coefficient (Wildman–Crippen LogP) is 1.21. The average Bonchev–Trinajstić information content (AvgIpc) is 2.95. The molecule has 0 fully saturated rings. The third kappa shape index (κ3) is 3.91. The molecule has 2 aromatic rings. The molecule has 21 heavy (non-hydrogen) atoms. The van der Waals surface area contributed by atoms with Gasteiger partial charge in [-0.3, -0.25) is 4.79 Å². The molecule has 2 heterocycles. The highest BCUT2D eigenvalue weighted by atomic mass is 32.1. The van der Waals surface area contributed by atoms with Gasteiger partial charge in [-0.2, -0.15) is 9.36 Å². The summed E-state index contributed by atoms with van der Waals surface area (Å²) in [4.78, 5) is 16.2. The smallest absolute Gasteiger partial charge is 0.258 e. The molecule has 0 aliphatic rings. The largest absolute Gasteiger partial charge is 0.382 e. The molecule has 0 aliphatic carbocycles. The average molecular weight is 310 g/mol. The fourth-order valence-corrected chi connectivity index (χ4v) is 2.44. The van der Waals surface area contributed by atoms with Gasteiger partial charge in [0.25, 0.3) is 5.91 Å². The van der Waals surface area contributed by atoms with E-state index in [1.807, 2.05) is 13.8 Å². The Hall–Kier alpha value is -2.16. The Labute approximate surface area is 126 Å². The molecule has 114 valence electrons. The van der Waals surface area contributed by atoms with Crippen LogP contribution in [0.5, 0.6) is 0 Å². The molecule has 0 saturated carbocycles. The van der Waals surface area contributed by atoms with E-state index in [0.717, 1.165) is 11.5 Å². The van der Waals surface area contributed by atoms with Crippen LogP contribution in [0.3, 0.4) is 0 Å². The van der Waals surface area contributed by atoms with E-state index in [-0.39, 0.29) is 17.8 Å². The zero-order valence-electron chi connectivity index (χ0n) is 12.1. The number of nitrogens with zero attached hydrogens (tertiary/aromatic N) is 3. The summed E-state index contributed by atoms with van der Waals surface area (Å²) >= 11 is 1.16. The van der Waals surface area contributed by atoms with Crippen LogP contribution in [-0.2, 0) is 6.42 Å². The number of hydrogen-bond donors (Lipinski definition) is 3. The number of nitrogen functional groups attached to an aromatic ring is 1. The van der Waals surface area contributed by atoms with Crippen LogP contribution in [0.2, 0.25) is 0 Å². The number of hydrogen-bond acceptors (Lipinski definition) is 8. The van der Waals surface area contributed by atoms with Crippen LogP contribution < -0.4 is 16.4 Å². The van der Waals surface area contributed by atoms with Crippen molar-refractivity contribution in [3.8, 4) is 0 Å². The Morgan fingerprint density at radius 2 is 2.24 bits per heavy atom. The Kier molecular flexibility index (Phi) is 4.73. The maximum Gasteiger partial charge on any atom is 0.258 e. The van der Waals surface area contributed by atoms with Gasteiger partial charge in [-0.05, 0) is 25.4 Å². The van der Waals surface area contributed by atoms with Crippen molar-refractivity contribution in [2.24, 2.45) is 0 Å². The SMILES string of the molecule is Cc1nc(CCNc2snc(N)c2C(=O)NC(C)C)no1. The minimum Gasteiger partial charge on any atom is -0.382 e. The molecule has 2 aromatic heterocycles. The molecule has 0 atom stereocenters. The van der Waals surface area contributed by atoms with Gasteiger partial charge < -0.3 is 20.9 Å². The number of aromatic nitrogens is 3. The van der Waals surface area contributed by atoms with Crippen molar-refractivity contribution in [3.63, 3.8) is 0 Å². The molecule has 0 bridgehead atoms. The summed E-state index contributed by atoms with van der Waals surface area (Å²) in [6.45, 7) is 6.07. The Morgan fingerprint density at radius 3 is 2.86 bits per heavy atom. The van der Waals surface area contributed by atoms with E-state index in [0.29, 0.717) is 35.2 Å². The third-order valence-electron chi connectivity index (χ3n) is 2.57. The van der Waals surface area contributed by atoms with Crippen LogP contribution in [0.15, 0.2) is 4.52 Å². The molecule has 0 aliphatic heterocycles. The van der Waals surface area contributed by atoms with E-state index in [1.165, 1.54) is 0 Å². The number of carbonyl (C=O) groups excluding carboxylic acids is 1. The normalized spacial score (nSPS) is 10.9. The highest BCUT2D eigenvalue weighted by Crippen LogP contribution is 2.26. The third-order valence-corrected chi connectivity index (χ3v) is 3.39. The Bertz CT molecular complexity index is 621. The molecule has 1 amide bonds. The van der Waals surface area contributed by atoms with E-state index in [2.05, 4.69) is 25.1 Å². The molecular weight excluding hydrogens is 292 g/mol. The van der Waals surface area contributed by atoms with Gasteiger partial charge in [0, 0.05) is 25.9 Å². The molecule has 2 rings (SSSR count). The quantitative estimate of drug-likeness (QED) is 0.733. The summed E-state index contributed by atoms with van der Waals surface area (Å²) in [5.41, 5.74) is 6.15. The summed E-state index contributed by atoms with van der Waals surface area (Å²) < 4.78 is 8.92. The van der Waals surface area contributed by atoms with Gasteiger partial charge in [-0.15, -0.1) is 0 Å². The standard InChI is InChI=1S/C12H18N6O2S/c1-6(2)15-11(19)9-10(13)18-21-12(9)14-5-4-8-16-7(3)20-17-8/h6,14H,4-5H2,1-3H3,(H2,13,18)(H,15,19). The predicted molar refractivity (Wildman–Crippen MR) is 80.4 cm³/mol. The fourth-order valence-electron chi connectivity index (χ4n) is 1.71. The van der Waals surface area contributed by atoms with Crippen LogP contribution in [0.1, 0.15) is 35.9 Å². The maximum atomic E-state index is 12.1. The molecule has 0 saturated heterocycles. The minimum atomic E-state index is -0.228. The van der Waals surface area contributed by atoms with Gasteiger partial charge in [0.1, 0.15) is 10.6 Å². The number of carbonyl (C=O) groups is 1. The molecule has 0 radical (unpaired) electrons. The lowest BCUT2D eigenvalue weighted by Crippen LogP contribution is -2.31. The lowest BCUT2D eigenvalue weighted by molar-refractivity contribution is 0.0945. The van der Waals surface area contributed by atoms with Crippen molar-refractivity contribution >= 4 is 28.3 Å². The molecule has 8 nitrogen and oxygen atoms in total. The number of nitrogens with one attached hydrogen (secondary N) is 2. The summed E-state index contributed by atoms with van der Waals surface area (Å²) in [7, 11) is 0. The van der Waals surface area contributed by atoms with Crippen molar-refractivity contribution in [1.82, 2.24) is 19.8 Å². The summed E-state index contributed by atoms with van der Waals surface area (Å²) in [6.07, 6.45) is 0.584. The zero-order valence-corrected chi connectivity index (χ0v) is 13.0. The number of aryl methyl sites for hydroxylation is 1. The van der Waals surface area contributed by atoms with Crippen molar-refractivity contribution in [1.29, 1.82) is 0 Å². The number of anilines is 2. The molecule has 0 unspecified atom stereocenters. The van der Waals surface area contributed by atoms with E-state index in [9.17, 15) is 4.79 Å². The van der Waals surface area contributed by atoms with Crippen molar-refractivity contribution in [2.75, 3.05) is 17.6 Å². The molecule has 0 spiro atoms. The van der Waals surface area contributed by atoms with Crippen LogP contribution in [0, 0.1) is 6.92 Å². The second kappa shape index (κ2) is 6.53. The second-order valence-corrected chi connectivity index (χ2v) is 5.58. The van der Waals surface area contributed by atoms with Crippen LogP contribution in [0.4, 0.5) is 10.8 Å². The number of rotatable bonds is 6. The van der Waals surface area contributed by atoms with Crippen LogP contribution in [0.25, 0.3) is 0 Å². The van der Waals surface area contributed by atoms with Gasteiger partial charge in [0.05, 0.1) is 0 Å². The van der Waals surface area contributed by atoms with Gasteiger partial charge in [-0.25, -0.2) is 0 Å². The van der Waals surface area contributed by atoms with Gasteiger partial charge in [-0.1, -0.05) is 5.16 Å². The van der Waals surface area contributed by atoms with Crippen LogP contribution >= 0.6 is 11.5 Å². The van der Waals surface area contributed by atoms with Crippen molar-refractivity contribution in [3.05, 3.63) is 17.3 Å². The highest BCUT2D eigenvalue weighted by Gasteiger charge is 2.19. The van der Waals surface area contributed by atoms with E-state index < -0.39 is 0 Å². The Morgan fingerprint density at radius 1 is 1.48 bits per heavy atom. The molecule has 9 heteroatoms. The summed E-state index contributed by atoms with van der Waals surface area (Å²) in [6, 6.07) is 0.0342. The number of amides is 1. The van der Waals surface area contributed by atoms with Crippen molar-refractivity contribution in [2.45, 2.75) is 33.2 Å². The van der Waals surface area contributed by atoms with E-state index >= 15 is 0 Å². The monoisotopic (exact) mass is 310 g/mol. The minimum absolute atomic E-state index is 0.0342. The van der Waals surface area contributed by atoms with Crippen molar-refractivity contribution < 1.29 is 9.32 Å². The zero-order chi connectivity index (χ0) is 15.4. The molecule has 0 aromatic carbocycles. The summed E-state index contributed by atoms with van der Waals surface area (Å²) in [5, 5.41) is 10.4. The molecule has 4 N–H and O–H groups in total. The lowest BCUT2D eigenvalue weighted by atomic mass is 10.2. The van der Waals surface area contributed by atoms with Gasteiger partial charge >= 0.3 is 0 Å². The first-order valence-corrected chi connectivity index (χ1v) is 7.33. The van der Waals surface area contributed by atoms with Crippen LogP contribution in [-0.4, -0.2) is 33.0 Å². The first kappa shape index (κ1) is 15.2. The lowest BCUT2D eigenvalue weighted by Gasteiger charge is -2.09. The first-order valence-electron chi connectivity index (χ1n) is 6.56. The maximum absolute atomic E-state index is 12.1. The van der Waals surface area contributed by atoms with E-state index in [4.69, 9.17) is 10.3 Å².